The average Bonchev–Trinajstić information content (AvgIpc) is 2.35. The van der Waals surface area contributed by atoms with Crippen LogP contribution in [0.1, 0.15) is 44.4 Å². The van der Waals surface area contributed by atoms with Crippen molar-refractivity contribution >= 4 is 11.8 Å². The lowest BCUT2D eigenvalue weighted by Gasteiger charge is -2.36. The highest BCUT2D eigenvalue weighted by Gasteiger charge is 2.35. The topological polar surface area (TPSA) is 63.4 Å². The molecule has 1 aliphatic heterocycles. The van der Waals surface area contributed by atoms with Crippen LogP contribution in [-0.2, 0) is 16.0 Å². The van der Waals surface area contributed by atoms with Crippen molar-refractivity contribution < 1.29 is 9.59 Å². The number of carbonyl (C=O) groups excluding carboxylic acids is 2. The number of hydrogen-bond donors (Lipinski definition) is 1. The van der Waals surface area contributed by atoms with Gasteiger partial charge in [-0.1, -0.05) is 39.0 Å². The maximum absolute atomic E-state index is 12.4. The fourth-order valence-corrected chi connectivity index (χ4v) is 2.63. The molecule has 20 heavy (non-hydrogen) atoms. The minimum Gasteiger partial charge on any atom is -0.368 e. The largest absolute Gasteiger partial charge is 0.368 e. The van der Waals surface area contributed by atoms with Gasteiger partial charge in [0.25, 0.3) is 0 Å². The highest BCUT2D eigenvalue weighted by atomic mass is 16.2. The van der Waals surface area contributed by atoms with E-state index < -0.39 is 11.9 Å². The molecule has 1 aromatic carbocycles. The van der Waals surface area contributed by atoms with Gasteiger partial charge in [-0.05, 0) is 29.0 Å². The van der Waals surface area contributed by atoms with Gasteiger partial charge in [-0.15, -0.1) is 0 Å². The molecule has 0 saturated heterocycles. The van der Waals surface area contributed by atoms with Gasteiger partial charge in [0.1, 0.15) is 6.04 Å². The molecule has 2 N–H and O–H groups in total. The predicted octanol–water partition coefficient (Wildman–Crippen LogP) is 1.83. The Kier molecular flexibility index (Phi) is 3.84. The number of primary amides is 1. The number of fused-ring (bicyclic) bond motifs is 1. The van der Waals surface area contributed by atoms with E-state index in [4.69, 9.17) is 5.73 Å². The lowest BCUT2D eigenvalue weighted by molar-refractivity contribution is -0.141. The van der Waals surface area contributed by atoms with Gasteiger partial charge in [-0.25, -0.2) is 0 Å². The van der Waals surface area contributed by atoms with Crippen LogP contribution in [0.15, 0.2) is 18.2 Å². The number of rotatable bonds is 2. The Morgan fingerprint density at radius 1 is 1.45 bits per heavy atom. The Morgan fingerprint density at radius 2 is 2.15 bits per heavy atom. The lowest BCUT2D eigenvalue weighted by atomic mass is 9.88. The minimum atomic E-state index is -0.650. The van der Waals surface area contributed by atoms with Crippen LogP contribution in [0.2, 0.25) is 0 Å². The molecule has 0 spiro atoms. The normalized spacial score (nSPS) is 18.6. The van der Waals surface area contributed by atoms with E-state index in [1.807, 2.05) is 32.9 Å². The van der Waals surface area contributed by atoms with Crippen LogP contribution < -0.4 is 5.73 Å². The summed E-state index contributed by atoms with van der Waals surface area (Å²) >= 11 is 0. The fourth-order valence-electron chi connectivity index (χ4n) is 2.63. The summed E-state index contributed by atoms with van der Waals surface area (Å²) in [7, 11) is 0. The van der Waals surface area contributed by atoms with Crippen molar-refractivity contribution in [3.8, 4) is 0 Å². The summed E-state index contributed by atoms with van der Waals surface area (Å²) in [6, 6.07) is 7.82. The van der Waals surface area contributed by atoms with E-state index in [1.165, 1.54) is 0 Å². The van der Waals surface area contributed by atoms with Crippen LogP contribution >= 0.6 is 0 Å². The van der Waals surface area contributed by atoms with E-state index in [0.717, 1.165) is 17.5 Å². The summed E-state index contributed by atoms with van der Waals surface area (Å²) < 4.78 is 0. The maximum atomic E-state index is 12.4. The van der Waals surface area contributed by atoms with Crippen molar-refractivity contribution in [1.29, 1.82) is 0 Å². The van der Waals surface area contributed by atoms with Crippen molar-refractivity contribution in [2.45, 2.75) is 39.7 Å². The van der Waals surface area contributed by atoms with E-state index in [-0.39, 0.29) is 11.3 Å². The number of carbonyl (C=O) groups is 2. The van der Waals surface area contributed by atoms with Crippen molar-refractivity contribution in [2.24, 2.45) is 11.1 Å². The molecule has 4 nitrogen and oxygen atoms in total. The van der Waals surface area contributed by atoms with Gasteiger partial charge in [-0.3, -0.25) is 9.59 Å². The Balaban J connectivity index is 2.32. The highest BCUT2D eigenvalue weighted by molar-refractivity contribution is 5.88. The Morgan fingerprint density at radius 3 is 2.75 bits per heavy atom. The van der Waals surface area contributed by atoms with Gasteiger partial charge in [0, 0.05) is 13.0 Å². The number of benzene rings is 1. The number of amides is 2. The number of hydrogen-bond acceptors (Lipinski definition) is 2. The molecule has 1 heterocycles. The van der Waals surface area contributed by atoms with E-state index >= 15 is 0 Å². The molecule has 0 bridgehead atoms. The molecule has 1 aromatic rings. The molecular weight excluding hydrogens is 252 g/mol. The third kappa shape index (κ3) is 3.00. The molecule has 0 aliphatic carbocycles. The van der Waals surface area contributed by atoms with Crippen molar-refractivity contribution in [3.63, 3.8) is 0 Å². The van der Waals surface area contributed by atoms with E-state index in [1.54, 1.807) is 11.0 Å². The number of nitrogens with zero attached hydrogens (tertiary/aromatic N) is 1. The molecule has 1 radical (unpaired) electrons. The lowest BCUT2D eigenvalue weighted by Crippen LogP contribution is -2.46. The minimum absolute atomic E-state index is 0.0141. The fraction of sp³-hybridized carbons (Fsp3) is 0.500. The first kappa shape index (κ1) is 14.6. The van der Waals surface area contributed by atoms with Gasteiger partial charge in [-0.2, -0.15) is 0 Å². The van der Waals surface area contributed by atoms with Gasteiger partial charge in [0.15, 0.2) is 0 Å². The van der Waals surface area contributed by atoms with E-state index in [2.05, 4.69) is 6.07 Å². The van der Waals surface area contributed by atoms with Crippen LogP contribution in [0, 0.1) is 11.5 Å². The zero-order valence-corrected chi connectivity index (χ0v) is 12.3. The summed E-state index contributed by atoms with van der Waals surface area (Å²) in [5, 5.41) is 0. The molecule has 1 unspecified atom stereocenters. The van der Waals surface area contributed by atoms with Gasteiger partial charge >= 0.3 is 0 Å². The average molecular weight is 273 g/mol. The summed E-state index contributed by atoms with van der Waals surface area (Å²) in [5.74, 6) is -0.487. The SMILES string of the molecule is CC(C)(C)CC(=O)N1CCc2c[c]ccc2C1C(N)=O. The predicted molar refractivity (Wildman–Crippen MR) is 76.7 cm³/mol. The number of nitrogens with two attached hydrogens (primary N) is 1. The molecule has 0 fully saturated rings. The Hall–Kier alpha value is -1.84. The molecule has 2 amide bonds. The van der Waals surface area contributed by atoms with Crippen molar-refractivity contribution in [1.82, 2.24) is 4.90 Å². The first-order valence-electron chi connectivity index (χ1n) is 6.87. The van der Waals surface area contributed by atoms with Crippen LogP contribution in [0.3, 0.4) is 0 Å². The Bertz CT molecular complexity index is 532. The highest BCUT2D eigenvalue weighted by Crippen LogP contribution is 2.31. The first-order chi connectivity index (χ1) is 9.29. The molecule has 4 heteroatoms. The van der Waals surface area contributed by atoms with Crippen molar-refractivity contribution in [3.05, 3.63) is 35.4 Å². The second kappa shape index (κ2) is 5.27. The molecular formula is C16H21N2O2. The molecule has 2 rings (SSSR count). The van der Waals surface area contributed by atoms with E-state index in [9.17, 15) is 9.59 Å². The second-order valence-electron chi connectivity index (χ2n) is 6.50. The van der Waals surface area contributed by atoms with Gasteiger partial charge in [0.05, 0.1) is 0 Å². The zero-order valence-electron chi connectivity index (χ0n) is 12.3. The molecule has 1 aliphatic rings. The van der Waals surface area contributed by atoms with Gasteiger partial charge < -0.3 is 10.6 Å². The van der Waals surface area contributed by atoms with Crippen LogP contribution in [-0.4, -0.2) is 23.3 Å². The third-order valence-electron chi connectivity index (χ3n) is 3.49. The molecule has 1 atom stereocenters. The standard InChI is InChI=1S/C16H21N2O2/c1-16(2,3)10-13(19)18-9-8-11-6-4-5-7-12(11)14(18)15(17)20/h5-7,14H,8-10H2,1-3H3,(H2,17,20). The zero-order chi connectivity index (χ0) is 14.9. The first-order valence-corrected chi connectivity index (χ1v) is 6.87. The monoisotopic (exact) mass is 273 g/mol. The third-order valence-corrected chi connectivity index (χ3v) is 3.49. The molecule has 0 aromatic heterocycles. The maximum Gasteiger partial charge on any atom is 0.244 e. The van der Waals surface area contributed by atoms with Crippen molar-refractivity contribution in [2.75, 3.05) is 6.54 Å². The summed E-state index contributed by atoms with van der Waals surface area (Å²) in [6.45, 7) is 6.57. The molecule has 0 saturated carbocycles. The van der Waals surface area contributed by atoms with Crippen LogP contribution in [0.25, 0.3) is 0 Å². The summed E-state index contributed by atoms with van der Waals surface area (Å²) in [4.78, 5) is 25.9. The van der Waals surface area contributed by atoms with E-state index in [0.29, 0.717) is 13.0 Å². The summed E-state index contributed by atoms with van der Waals surface area (Å²) in [5.41, 5.74) is 7.31. The van der Waals surface area contributed by atoms with Gasteiger partial charge in [0.2, 0.25) is 11.8 Å². The quantitative estimate of drug-likeness (QED) is 0.893. The van der Waals surface area contributed by atoms with Crippen LogP contribution in [0.5, 0.6) is 0 Å². The summed E-state index contributed by atoms with van der Waals surface area (Å²) in [6.07, 6.45) is 1.15. The second-order valence-corrected chi connectivity index (χ2v) is 6.50. The smallest absolute Gasteiger partial charge is 0.244 e. The Labute approximate surface area is 119 Å². The van der Waals surface area contributed by atoms with Crippen LogP contribution in [0.4, 0.5) is 0 Å². The molecule has 107 valence electrons.